The molecule has 4 aromatic rings. The van der Waals surface area contributed by atoms with E-state index >= 15 is 0 Å². The van der Waals surface area contributed by atoms with E-state index in [-0.39, 0.29) is 74.5 Å². The summed E-state index contributed by atoms with van der Waals surface area (Å²) in [7, 11) is 0. The molecule has 0 spiro atoms. The minimum atomic E-state index is -1.26. The molecule has 2 atom stereocenters. The van der Waals surface area contributed by atoms with Crippen molar-refractivity contribution in [1.29, 1.82) is 0 Å². The lowest BCUT2D eigenvalue weighted by molar-refractivity contribution is -0.133. The van der Waals surface area contributed by atoms with Crippen LogP contribution in [0, 0.1) is 0 Å². The summed E-state index contributed by atoms with van der Waals surface area (Å²) in [5.41, 5.74) is 2.82. The molecule has 13 heteroatoms. The Balaban J connectivity index is 1.05. The zero-order chi connectivity index (χ0) is 37.8. The first kappa shape index (κ1) is 36.0. The van der Waals surface area contributed by atoms with Crippen LogP contribution in [0.3, 0.4) is 0 Å². The fourth-order valence-corrected chi connectivity index (χ4v) is 6.92. The van der Waals surface area contributed by atoms with Gasteiger partial charge in [0, 0.05) is 39.0 Å². The first-order valence-corrected chi connectivity index (χ1v) is 17.8. The summed E-state index contributed by atoms with van der Waals surface area (Å²) in [4.78, 5) is 82.6. The lowest BCUT2D eigenvalue weighted by atomic mass is 10.00. The molecule has 3 heterocycles. The number of nitrogens with one attached hydrogen (secondary N) is 1. The number of hydrogen-bond donors (Lipinski definition) is 2. The highest BCUT2D eigenvalue weighted by molar-refractivity contribution is 6.22. The topological polar surface area (TPSA) is 163 Å². The van der Waals surface area contributed by atoms with E-state index < -0.39 is 47.6 Å². The van der Waals surface area contributed by atoms with E-state index in [2.05, 4.69) is 5.32 Å². The molecule has 4 aromatic carbocycles. The van der Waals surface area contributed by atoms with Gasteiger partial charge < -0.3 is 24.8 Å². The number of benzene rings is 4. The first-order chi connectivity index (χ1) is 26.2. The summed E-state index contributed by atoms with van der Waals surface area (Å²) < 4.78 is 10.9. The van der Waals surface area contributed by atoms with Gasteiger partial charge in [0.2, 0.25) is 18.6 Å². The van der Waals surface area contributed by atoms with E-state index in [9.17, 15) is 33.9 Å². The van der Waals surface area contributed by atoms with Gasteiger partial charge in [0.25, 0.3) is 23.6 Å². The van der Waals surface area contributed by atoms with Crippen LogP contribution in [-0.4, -0.2) is 100 Å². The van der Waals surface area contributed by atoms with Gasteiger partial charge in [-0.15, -0.1) is 0 Å². The maximum Gasteiger partial charge on any atom is 0.261 e. The van der Waals surface area contributed by atoms with Crippen molar-refractivity contribution in [3.63, 3.8) is 0 Å². The van der Waals surface area contributed by atoms with Crippen molar-refractivity contribution in [2.45, 2.75) is 37.8 Å². The van der Waals surface area contributed by atoms with Crippen molar-refractivity contribution < 1.29 is 43.3 Å². The number of aliphatic hydroxyl groups excluding tert-OH is 1. The Morgan fingerprint density at radius 1 is 0.685 bits per heavy atom. The fourth-order valence-electron chi connectivity index (χ4n) is 6.92. The zero-order valence-electron chi connectivity index (χ0n) is 29.3. The maximum absolute atomic E-state index is 13.9. The van der Waals surface area contributed by atoms with Crippen LogP contribution in [-0.2, 0) is 22.4 Å². The van der Waals surface area contributed by atoms with Crippen LogP contribution in [0.2, 0.25) is 0 Å². The average Bonchev–Trinajstić information content (AvgIpc) is 3.83. The third-order valence-electron chi connectivity index (χ3n) is 9.84. The fraction of sp³-hybridized carbons (Fsp3) is 0.268. The normalized spacial score (nSPS) is 15.3. The maximum atomic E-state index is 13.9. The molecule has 0 aromatic heterocycles. The molecular weight excluding hydrogens is 692 g/mol. The lowest BCUT2D eigenvalue weighted by Gasteiger charge is -2.31. The van der Waals surface area contributed by atoms with E-state index in [4.69, 9.17) is 9.47 Å². The second kappa shape index (κ2) is 15.7. The van der Waals surface area contributed by atoms with Crippen LogP contribution in [0.4, 0.5) is 0 Å². The Bertz CT molecular complexity index is 2050. The third-order valence-corrected chi connectivity index (χ3v) is 9.84. The number of nitrogens with zero attached hydrogens (tertiary/aromatic N) is 3. The van der Waals surface area contributed by atoms with E-state index in [0.717, 1.165) is 20.9 Å². The molecule has 6 amide bonds. The molecule has 0 unspecified atom stereocenters. The molecular formula is C41H38N4O9. The van der Waals surface area contributed by atoms with Crippen molar-refractivity contribution in [2.24, 2.45) is 0 Å². The molecule has 2 N–H and O–H groups in total. The van der Waals surface area contributed by atoms with Gasteiger partial charge in [-0.25, -0.2) is 0 Å². The highest BCUT2D eigenvalue weighted by Crippen LogP contribution is 2.33. The van der Waals surface area contributed by atoms with Gasteiger partial charge in [0.1, 0.15) is 0 Å². The number of imide groups is 2. The Morgan fingerprint density at radius 3 is 1.81 bits per heavy atom. The van der Waals surface area contributed by atoms with Crippen LogP contribution in [0.5, 0.6) is 11.5 Å². The zero-order valence-corrected chi connectivity index (χ0v) is 29.3. The summed E-state index contributed by atoms with van der Waals surface area (Å²) in [5, 5.41) is 14.6. The molecule has 0 saturated carbocycles. The second-order valence-electron chi connectivity index (χ2n) is 13.3. The van der Waals surface area contributed by atoms with Crippen molar-refractivity contribution in [3.8, 4) is 11.5 Å². The molecule has 3 aliphatic rings. The summed E-state index contributed by atoms with van der Waals surface area (Å²) in [6, 6.07) is 26.8. The van der Waals surface area contributed by atoms with Gasteiger partial charge >= 0.3 is 0 Å². The molecule has 0 aliphatic carbocycles. The molecule has 54 heavy (non-hydrogen) atoms. The second-order valence-corrected chi connectivity index (χ2v) is 13.3. The lowest BCUT2D eigenvalue weighted by Crippen LogP contribution is -2.51. The molecule has 3 aliphatic heterocycles. The monoisotopic (exact) mass is 730 g/mol. The molecule has 0 radical (unpaired) electrons. The van der Waals surface area contributed by atoms with E-state index in [1.54, 1.807) is 54.6 Å². The largest absolute Gasteiger partial charge is 0.454 e. The van der Waals surface area contributed by atoms with E-state index in [1.165, 1.54) is 4.90 Å². The minimum absolute atomic E-state index is 0.111. The van der Waals surface area contributed by atoms with Crippen LogP contribution in [0.15, 0.2) is 97.1 Å². The number of carbonyl (C=O) groups excluding carboxylic acids is 6. The molecule has 0 fully saturated rings. The highest BCUT2D eigenvalue weighted by atomic mass is 16.7. The van der Waals surface area contributed by atoms with E-state index in [0.29, 0.717) is 17.9 Å². The Labute approximate surface area is 311 Å². The number of amides is 6. The van der Waals surface area contributed by atoms with Crippen molar-refractivity contribution in [1.82, 2.24) is 20.0 Å². The van der Waals surface area contributed by atoms with Gasteiger partial charge in [-0.3, -0.25) is 38.6 Å². The van der Waals surface area contributed by atoms with E-state index in [1.807, 2.05) is 42.5 Å². The quantitative estimate of drug-likeness (QED) is 0.175. The van der Waals surface area contributed by atoms with Crippen LogP contribution >= 0.6 is 0 Å². The SMILES string of the molecule is O=C(CCN1C(=O)c2ccccc2C1=O)N[C@@H](Cc1ccccc1)[C@@H](O)CN(CCc1ccc2c(c1)OCO2)C(=O)CCN1C(=O)c2ccccc2C1=O. The average molecular weight is 731 g/mol. The van der Waals surface area contributed by atoms with Gasteiger partial charge in [-0.1, -0.05) is 60.7 Å². The molecule has 13 nitrogen and oxygen atoms in total. The van der Waals surface area contributed by atoms with Gasteiger partial charge in [-0.2, -0.15) is 0 Å². The molecule has 0 saturated heterocycles. The summed E-state index contributed by atoms with van der Waals surface area (Å²) in [6.07, 6.45) is -1.03. The number of ether oxygens (including phenoxy) is 2. The summed E-state index contributed by atoms with van der Waals surface area (Å²) in [5.74, 6) is -1.57. The smallest absolute Gasteiger partial charge is 0.261 e. The standard InChI is InChI=1S/C41H38N4O9/c46-33(32(22-26-8-2-1-3-9-26)42-36(47)17-20-44-38(49)28-10-4-5-11-29(28)39(44)50)24-43(19-16-27-14-15-34-35(23-27)54-25-53-34)37(48)18-21-45-40(51)30-12-6-7-13-31(30)41(45)52/h1-15,23,32-33,46H,16-22,24-25H2,(H,42,47)/t32-,33-/m0/s1. The van der Waals surface area contributed by atoms with Crippen molar-refractivity contribution >= 4 is 35.4 Å². The number of aliphatic hydroxyl groups is 1. The van der Waals surface area contributed by atoms with Gasteiger partial charge in [0.15, 0.2) is 11.5 Å². The Kier molecular flexibility index (Phi) is 10.5. The molecule has 7 rings (SSSR count). The van der Waals surface area contributed by atoms with Crippen LogP contribution in [0.1, 0.15) is 65.4 Å². The molecule has 276 valence electrons. The predicted molar refractivity (Wildman–Crippen MR) is 194 cm³/mol. The highest BCUT2D eigenvalue weighted by Gasteiger charge is 2.37. The van der Waals surface area contributed by atoms with Gasteiger partial charge in [-0.05, 0) is 60.4 Å². The minimum Gasteiger partial charge on any atom is -0.454 e. The number of rotatable bonds is 15. The van der Waals surface area contributed by atoms with Gasteiger partial charge in [0.05, 0.1) is 34.4 Å². The Hall–Kier alpha value is -6.34. The third kappa shape index (κ3) is 7.57. The van der Waals surface area contributed by atoms with Crippen molar-refractivity contribution in [2.75, 3.05) is 33.0 Å². The Morgan fingerprint density at radius 2 is 1.22 bits per heavy atom. The van der Waals surface area contributed by atoms with Crippen LogP contribution in [0.25, 0.3) is 0 Å². The number of hydrogen-bond acceptors (Lipinski definition) is 9. The predicted octanol–water partition coefficient (Wildman–Crippen LogP) is 3.25. The summed E-state index contributed by atoms with van der Waals surface area (Å²) in [6.45, 7) is -0.195. The number of carbonyl (C=O) groups is 6. The number of fused-ring (bicyclic) bond motifs is 3. The summed E-state index contributed by atoms with van der Waals surface area (Å²) >= 11 is 0. The molecule has 0 bridgehead atoms. The van der Waals surface area contributed by atoms with Crippen molar-refractivity contribution in [3.05, 3.63) is 130 Å². The van der Waals surface area contributed by atoms with Crippen LogP contribution < -0.4 is 14.8 Å². The first-order valence-electron chi connectivity index (χ1n) is 17.8.